The molecule has 2 nitrogen and oxygen atoms in total. The average Bonchev–Trinajstić information content (AvgIpc) is 2.68. The number of nitrogens with zero attached hydrogens (tertiary/aromatic N) is 1. The molecular formula is C23H17F3NO. The van der Waals surface area contributed by atoms with Gasteiger partial charge in [-0.1, -0.05) is 37.3 Å². The van der Waals surface area contributed by atoms with E-state index in [2.05, 4.69) is 0 Å². The van der Waals surface area contributed by atoms with E-state index in [1.54, 1.807) is 36.4 Å². The molecule has 5 heteroatoms. The molecule has 0 N–H and O–H groups in total. The lowest BCUT2D eigenvalue weighted by Crippen LogP contribution is -2.02. The monoisotopic (exact) mass is 380 g/mol. The van der Waals surface area contributed by atoms with E-state index in [1.165, 1.54) is 12.1 Å². The number of nitriles is 1. The van der Waals surface area contributed by atoms with E-state index in [4.69, 9.17) is 5.26 Å². The highest BCUT2D eigenvalue weighted by Crippen LogP contribution is 2.36. The summed E-state index contributed by atoms with van der Waals surface area (Å²) in [7, 11) is 0. The van der Waals surface area contributed by atoms with Crippen LogP contribution in [0.4, 0.5) is 13.2 Å². The maximum atomic E-state index is 15.0. The summed E-state index contributed by atoms with van der Waals surface area (Å²) in [6, 6.07) is 13.5. The Hall–Kier alpha value is -3.26. The number of aryl methyl sites for hydroxylation is 2. The van der Waals surface area contributed by atoms with Gasteiger partial charge in [0.2, 0.25) is 0 Å². The van der Waals surface area contributed by atoms with E-state index in [0.29, 0.717) is 11.1 Å². The number of halogens is 3. The molecular weight excluding hydrogens is 363 g/mol. The fourth-order valence-corrected chi connectivity index (χ4v) is 3.12. The number of benzene rings is 3. The van der Waals surface area contributed by atoms with E-state index < -0.39 is 23.2 Å². The Labute approximate surface area is 161 Å². The topological polar surface area (TPSA) is 43.7 Å². The Bertz CT molecular complexity index is 1050. The van der Waals surface area contributed by atoms with Crippen molar-refractivity contribution >= 4 is 0 Å². The predicted octanol–water partition coefficient (Wildman–Crippen LogP) is 6.13. The van der Waals surface area contributed by atoms with Crippen LogP contribution in [0.15, 0.2) is 48.5 Å². The van der Waals surface area contributed by atoms with Crippen LogP contribution in [0.25, 0.3) is 11.1 Å². The number of rotatable bonds is 5. The van der Waals surface area contributed by atoms with Crippen molar-refractivity contribution in [2.24, 2.45) is 0 Å². The molecule has 0 aliphatic carbocycles. The minimum absolute atomic E-state index is 0.0384. The third kappa shape index (κ3) is 3.86. The zero-order valence-corrected chi connectivity index (χ0v) is 15.2. The molecule has 0 aliphatic rings. The van der Waals surface area contributed by atoms with E-state index in [0.717, 1.165) is 18.1 Å². The van der Waals surface area contributed by atoms with Gasteiger partial charge in [0, 0.05) is 11.6 Å². The summed E-state index contributed by atoms with van der Waals surface area (Å²) in [5, 5.41) is 21.0. The van der Waals surface area contributed by atoms with Crippen molar-refractivity contribution in [1.29, 1.82) is 5.26 Å². The molecule has 0 saturated heterocycles. The largest absolute Gasteiger partial charge is 0.289 e. The minimum atomic E-state index is -0.912. The molecule has 28 heavy (non-hydrogen) atoms. The van der Waals surface area contributed by atoms with Crippen LogP contribution < -0.4 is 0 Å². The molecule has 0 bridgehead atoms. The van der Waals surface area contributed by atoms with Crippen molar-refractivity contribution < 1.29 is 18.3 Å². The Balaban J connectivity index is 1.93. The van der Waals surface area contributed by atoms with Gasteiger partial charge in [0.05, 0.1) is 11.1 Å². The predicted molar refractivity (Wildman–Crippen MR) is 99.8 cm³/mol. The fourth-order valence-electron chi connectivity index (χ4n) is 3.12. The highest BCUT2D eigenvalue weighted by atomic mass is 19.1. The van der Waals surface area contributed by atoms with Gasteiger partial charge in [-0.05, 0) is 48.1 Å². The van der Waals surface area contributed by atoms with Gasteiger partial charge < -0.3 is 0 Å². The summed E-state index contributed by atoms with van der Waals surface area (Å²) in [6.07, 6.45) is 0.940. The second-order valence-electron chi connectivity index (χ2n) is 6.50. The van der Waals surface area contributed by atoms with Crippen LogP contribution in [0.5, 0.6) is 5.75 Å². The normalized spacial score (nSPS) is 10.7. The van der Waals surface area contributed by atoms with Gasteiger partial charge in [-0.3, -0.25) is 5.11 Å². The van der Waals surface area contributed by atoms with Gasteiger partial charge in [0.15, 0.2) is 5.75 Å². The van der Waals surface area contributed by atoms with Crippen molar-refractivity contribution in [1.82, 2.24) is 0 Å². The minimum Gasteiger partial charge on any atom is -0.289 e. The Morgan fingerprint density at radius 1 is 0.893 bits per heavy atom. The van der Waals surface area contributed by atoms with Crippen LogP contribution in [-0.2, 0) is 24.4 Å². The van der Waals surface area contributed by atoms with Crippen LogP contribution in [0.3, 0.4) is 0 Å². The second kappa shape index (κ2) is 8.18. The maximum Gasteiger partial charge on any atom is 0.192 e. The molecule has 0 aliphatic heterocycles. The summed E-state index contributed by atoms with van der Waals surface area (Å²) in [5.41, 5.74) is 1.49. The molecule has 3 rings (SSSR count). The number of hydrogen-bond acceptors (Lipinski definition) is 1. The first-order chi connectivity index (χ1) is 13.4. The molecule has 0 unspecified atom stereocenters. The molecule has 0 fully saturated rings. The zero-order valence-electron chi connectivity index (χ0n) is 15.2. The molecule has 3 aromatic rings. The first-order valence-electron chi connectivity index (χ1n) is 8.90. The van der Waals surface area contributed by atoms with Crippen molar-refractivity contribution in [3.8, 4) is 22.9 Å². The van der Waals surface area contributed by atoms with Crippen LogP contribution >= 0.6 is 0 Å². The smallest absolute Gasteiger partial charge is 0.192 e. The van der Waals surface area contributed by atoms with E-state index in [-0.39, 0.29) is 29.5 Å². The average molecular weight is 380 g/mol. The van der Waals surface area contributed by atoms with Crippen molar-refractivity contribution in [2.45, 2.75) is 26.2 Å². The molecule has 0 saturated carbocycles. The lowest BCUT2D eigenvalue weighted by molar-refractivity contribution is 0.350. The molecule has 3 aromatic carbocycles. The van der Waals surface area contributed by atoms with Crippen molar-refractivity contribution in [3.63, 3.8) is 0 Å². The third-order valence-electron chi connectivity index (χ3n) is 4.75. The zero-order chi connectivity index (χ0) is 20.3. The van der Waals surface area contributed by atoms with Crippen LogP contribution in [-0.4, -0.2) is 0 Å². The lowest BCUT2D eigenvalue weighted by Gasteiger charge is -2.12. The third-order valence-corrected chi connectivity index (χ3v) is 4.75. The fraction of sp³-hybridized carbons (Fsp3) is 0.174. The van der Waals surface area contributed by atoms with Crippen LogP contribution in [0, 0.1) is 28.8 Å². The van der Waals surface area contributed by atoms with E-state index in [1.807, 2.05) is 6.92 Å². The Kier molecular flexibility index (Phi) is 5.70. The summed E-state index contributed by atoms with van der Waals surface area (Å²) in [5.74, 6) is -3.19. The SMILES string of the molecule is CCc1ccc(-c2c([O])cc(F)c(CCc3ccc(C#N)c(F)c3)c2F)cc1. The molecule has 0 amide bonds. The van der Waals surface area contributed by atoms with Crippen LogP contribution in [0.2, 0.25) is 0 Å². The molecule has 0 aromatic heterocycles. The van der Waals surface area contributed by atoms with Crippen molar-refractivity contribution in [3.05, 3.63) is 88.2 Å². The first kappa shape index (κ1) is 19.5. The number of hydrogen-bond donors (Lipinski definition) is 0. The molecule has 0 heterocycles. The van der Waals surface area contributed by atoms with Gasteiger partial charge in [-0.15, -0.1) is 0 Å². The van der Waals surface area contributed by atoms with Gasteiger partial charge in [0.1, 0.15) is 23.5 Å². The highest BCUT2D eigenvalue weighted by Gasteiger charge is 2.21. The standard InChI is InChI=1S/C23H17F3NO/c1-2-14-3-7-16(8-4-14)22-21(28)12-20(25)18(23(22)26)10-6-15-5-9-17(13-27)19(24)11-15/h3-5,7-9,11-12H,2,6,10H2,1H3. The highest BCUT2D eigenvalue weighted by molar-refractivity contribution is 5.72. The van der Waals surface area contributed by atoms with Gasteiger partial charge in [-0.25, -0.2) is 13.2 Å². The van der Waals surface area contributed by atoms with Crippen LogP contribution in [0.1, 0.15) is 29.2 Å². The maximum absolute atomic E-state index is 15.0. The molecule has 0 atom stereocenters. The first-order valence-corrected chi connectivity index (χ1v) is 8.90. The lowest BCUT2D eigenvalue weighted by atomic mass is 9.95. The quantitative estimate of drug-likeness (QED) is 0.525. The summed E-state index contributed by atoms with van der Waals surface area (Å²) in [4.78, 5) is 0. The summed E-state index contributed by atoms with van der Waals surface area (Å²) >= 11 is 0. The second-order valence-corrected chi connectivity index (χ2v) is 6.50. The van der Waals surface area contributed by atoms with E-state index in [9.17, 15) is 13.9 Å². The van der Waals surface area contributed by atoms with E-state index >= 15 is 4.39 Å². The Morgan fingerprint density at radius 3 is 2.18 bits per heavy atom. The molecule has 1 radical (unpaired) electrons. The summed E-state index contributed by atoms with van der Waals surface area (Å²) < 4.78 is 43.0. The van der Waals surface area contributed by atoms with Gasteiger partial charge in [0.25, 0.3) is 0 Å². The molecule has 0 spiro atoms. The van der Waals surface area contributed by atoms with Gasteiger partial charge >= 0.3 is 0 Å². The molecule has 141 valence electrons. The summed E-state index contributed by atoms with van der Waals surface area (Å²) in [6.45, 7) is 1.98. The van der Waals surface area contributed by atoms with Crippen molar-refractivity contribution in [2.75, 3.05) is 0 Å². The van der Waals surface area contributed by atoms with Gasteiger partial charge in [-0.2, -0.15) is 5.26 Å². The Morgan fingerprint density at radius 2 is 1.57 bits per heavy atom.